The lowest BCUT2D eigenvalue weighted by Crippen LogP contribution is -2.16. The molecule has 0 aliphatic rings. The van der Waals surface area contributed by atoms with Gasteiger partial charge < -0.3 is 4.74 Å². The third kappa shape index (κ3) is 4.81. The van der Waals surface area contributed by atoms with Crippen LogP contribution in [-0.2, 0) is 28.4 Å². The van der Waals surface area contributed by atoms with Crippen molar-refractivity contribution in [3.05, 3.63) is 96.3 Å². The second-order valence-corrected chi connectivity index (χ2v) is 10.1. The summed E-state index contributed by atoms with van der Waals surface area (Å²) in [5.74, 6) is -2.07. The fraction of sp³-hybridized carbons (Fsp3) is 0.111. The van der Waals surface area contributed by atoms with Crippen molar-refractivity contribution in [2.24, 2.45) is 7.05 Å². The minimum atomic E-state index is -4.38. The molecule has 7 nitrogen and oxygen atoms in total. The first kappa shape index (κ1) is 24.5. The number of fused-ring (bicyclic) bond motifs is 1. The zero-order valence-electron chi connectivity index (χ0n) is 19.9. The molecular weight excluding hydrogens is 498 g/mol. The summed E-state index contributed by atoms with van der Waals surface area (Å²) in [6.45, 7) is 0.0177. The van der Waals surface area contributed by atoms with E-state index in [1.165, 1.54) is 7.11 Å². The number of nitrogens with zero attached hydrogens (tertiary/aromatic N) is 3. The summed E-state index contributed by atoms with van der Waals surface area (Å²) in [5.41, 5.74) is 4.59. The number of methoxy groups -OCH3 is 1. The normalized spacial score (nSPS) is 11.7. The highest BCUT2D eigenvalue weighted by molar-refractivity contribution is 7.92. The molecule has 37 heavy (non-hydrogen) atoms. The molecule has 188 valence electrons. The number of aryl methyl sites for hydroxylation is 1. The molecule has 0 bridgehead atoms. The molecular formula is C27H22F2N4O3S. The number of halogens is 2. The maximum Gasteiger partial charge on any atom is 0.264 e. The van der Waals surface area contributed by atoms with Gasteiger partial charge in [-0.3, -0.25) is 14.4 Å². The summed E-state index contributed by atoms with van der Waals surface area (Å²) >= 11 is 0. The molecule has 0 aliphatic carbocycles. The van der Waals surface area contributed by atoms with E-state index in [1.807, 2.05) is 60.3 Å². The number of ether oxygens (including phenoxy) is 1. The van der Waals surface area contributed by atoms with Gasteiger partial charge in [-0.1, -0.05) is 36.4 Å². The summed E-state index contributed by atoms with van der Waals surface area (Å²) < 4.78 is 62.9. The van der Waals surface area contributed by atoms with Crippen molar-refractivity contribution >= 4 is 26.6 Å². The molecule has 0 saturated carbocycles. The molecule has 5 aromatic rings. The Morgan fingerprint density at radius 2 is 1.73 bits per heavy atom. The van der Waals surface area contributed by atoms with Gasteiger partial charge in [0.05, 0.1) is 29.2 Å². The van der Waals surface area contributed by atoms with E-state index in [0.717, 1.165) is 39.9 Å². The number of anilines is 1. The van der Waals surface area contributed by atoms with Crippen LogP contribution >= 0.6 is 0 Å². The third-order valence-electron chi connectivity index (χ3n) is 5.89. The second kappa shape index (κ2) is 9.72. The molecule has 1 N–H and O–H groups in total. The van der Waals surface area contributed by atoms with E-state index in [-0.39, 0.29) is 12.3 Å². The van der Waals surface area contributed by atoms with Crippen molar-refractivity contribution in [2.75, 3.05) is 11.8 Å². The Kier molecular flexibility index (Phi) is 6.45. The van der Waals surface area contributed by atoms with Crippen LogP contribution in [0, 0.1) is 11.6 Å². The zero-order chi connectivity index (χ0) is 26.2. The predicted octanol–water partition coefficient (Wildman–Crippen LogP) is 5.53. The van der Waals surface area contributed by atoms with E-state index in [2.05, 4.69) is 14.8 Å². The van der Waals surface area contributed by atoms with E-state index < -0.39 is 26.6 Å². The molecule has 0 spiro atoms. The quantitative estimate of drug-likeness (QED) is 0.305. The van der Waals surface area contributed by atoms with E-state index in [4.69, 9.17) is 4.74 Å². The Labute approximate surface area is 212 Å². The van der Waals surface area contributed by atoms with Crippen LogP contribution in [0.5, 0.6) is 0 Å². The number of aromatic nitrogens is 3. The van der Waals surface area contributed by atoms with Crippen LogP contribution in [0.4, 0.5) is 14.5 Å². The van der Waals surface area contributed by atoms with E-state index >= 15 is 0 Å². The van der Waals surface area contributed by atoms with Crippen molar-refractivity contribution < 1.29 is 21.9 Å². The lowest BCUT2D eigenvalue weighted by atomic mass is 10.0. The van der Waals surface area contributed by atoms with Gasteiger partial charge in [0.15, 0.2) is 0 Å². The first-order valence-electron chi connectivity index (χ1n) is 11.2. The summed E-state index contributed by atoms with van der Waals surface area (Å²) in [5, 5.41) is 5.53. The van der Waals surface area contributed by atoms with Gasteiger partial charge in [-0.05, 0) is 35.9 Å². The van der Waals surface area contributed by atoms with E-state index in [0.29, 0.717) is 17.3 Å². The van der Waals surface area contributed by atoms with Crippen LogP contribution < -0.4 is 4.72 Å². The number of hydrogen-bond acceptors (Lipinski definition) is 5. The Balaban J connectivity index is 1.59. The summed E-state index contributed by atoms with van der Waals surface area (Å²) in [6, 6.07) is 19.5. The minimum absolute atomic E-state index is 0.0177. The van der Waals surface area contributed by atoms with Gasteiger partial charge >= 0.3 is 0 Å². The Hall–Kier alpha value is -4.15. The summed E-state index contributed by atoms with van der Waals surface area (Å²) in [6.07, 6.45) is 1.62. The SMILES string of the molecule is COCc1ncc(-c2ccc3nn(C)c(-c4ccccc4)c3c2)cc1NS(=O)(=O)c1ccc(F)cc1F. The first-order chi connectivity index (χ1) is 17.8. The van der Waals surface area contributed by atoms with E-state index in [1.54, 1.807) is 12.3 Å². The van der Waals surface area contributed by atoms with Crippen molar-refractivity contribution in [1.29, 1.82) is 0 Å². The highest BCUT2D eigenvalue weighted by Gasteiger charge is 2.22. The lowest BCUT2D eigenvalue weighted by Gasteiger charge is -2.14. The molecule has 5 rings (SSSR count). The number of sulfonamides is 1. The Morgan fingerprint density at radius 3 is 2.46 bits per heavy atom. The number of nitrogens with one attached hydrogen (secondary N) is 1. The molecule has 0 unspecified atom stereocenters. The third-order valence-corrected chi connectivity index (χ3v) is 7.29. The van der Waals surface area contributed by atoms with Crippen LogP contribution in [0.3, 0.4) is 0 Å². The standard InChI is InChI=1S/C27H22F2N4O3S/c1-33-27(17-6-4-3-5-7-17)21-12-18(8-10-23(21)31-33)19-13-24(25(16-36-2)30-15-19)32-37(34,35)26-11-9-20(28)14-22(26)29/h3-15,32H,16H2,1-2H3. The van der Waals surface area contributed by atoms with Gasteiger partial charge in [-0.2, -0.15) is 5.10 Å². The van der Waals surface area contributed by atoms with Crippen LogP contribution in [0.2, 0.25) is 0 Å². The van der Waals surface area contributed by atoms with Crippen LogP contribution in [-0.4, -0.2) is 30.3 Å². The number of hydrogen-bond donors (Lipinski definition) is 1. The fourth-order valence-electron chi connectivity index (χ4n) is 4.20. The topological polar surface area (TPSA) is 86.1 Å². The van der Waals surface area contributed by atoms with Gasteiger partial charge in [-0.15, -0.1) is 0 Å². The Morgan fingerprint density at radius 1 is 0.946 bits per heavy atom. The minimum Gasteiger partial charge on any atom is -0.378 e. The number of rotatable bonds is 7. The molecule has 0 amide bonds. The number of pyridine rings is 1. The van der Waals surface area contributed by atoms with Gasteiger partial charge in [0.25, 0.3) is 10.0 Å². The van der Waals surface area contributed by atoms with Crippen molar-refractivity contribution in [1.82, 2.24) is 14.8 Å². The molecule has 0 radical (unpaired) electrons. The van der Waals surface area contributed by atoms with E-state index in [9.17, 15) is 17.2 Å². The highest BCUT2D eigenvalue weighted by Crippen LogP contribution is 2.33. The van der Waals surface area contributed by atoms with Gasteiger partial charge in [0.2, 0.25) is 0 Å². The molecule has 0 aliphatic heterocycles. The van der Waals surface area contributed by atoms with Crippen LogP contribution in [0.15, 0.2) is 83.9 Å². The molecule has 2 aromatic heterocycles. The van der Waals surface area contributed by atoms with Gasteiger partial charge in [0.1, 0.15) is 16.5 Å². The first-order valence-corrected chi connectivity index (χ1v) is 12.7. The average molecular weight is 521 g/mol. The molecule has 0 atom stereocenters. The molecule has 0 fully saturated rings. The Bertz CT molecular complexity index is 1720. The predicted molar refractivity (Wildman–Crippen MR) is 137 cm³/mol. The maximum atomic E-state index is 14.3. The smallest absolute Gasteiger partial charge is 0.264 e. The van der Waals surface area contributed by atoms with Crippen LogP contribution in [0.1, 0.15) is 5.69 Å². The maximum absolute atomic E-state index is 14.3. The summed E-state index contributed by atoms with van der Waals surface area (Å²) in [7, 11) is -1.04. The molecule has 0 saturated heterocycles. The largest absolute Gasteiger partial charge is 0.378 e. The van der Waals surface area contributed by atoms with Gasteiger partial charge in [0, 0.05) is 42.9 Å². The van der Waals surface area contributed by atoms with Crippen molar-refractivity contribution in [3.8, 4) is 22.4 Å². The highest BCUT2D eigenvalue weighted by atomic mass is 32.2. The van der Waals surface area contributed by atoms with Crippen molar-refractivity contribution in [3.63, 3.8) is 0 Å². The second-order valence-electron chi connectivity index (χ2n) is 8.40. The molecule has 3 aromatic carbocycles. The zero-order valence-corrected chi connectivity index (χ0v) is 20.8. The van der Waals surface area contributed by atoms with Gasteiger partial charge in [-0.25, -0.2) is 17.2 Å². The monoisotopic (exact) mass is 520 g/mol. The molecule has 10 heteroatoms. The molecule has 2 heterocycles. The van der Waals surface area contributed by atoms with Crippen LogP contribution in [0.25, 0.3) is 33.3 Å². The number of benzene rings is 3. The summed E-state index contributed by atoms with van der Waals surface area (Å²) in [4.78, 5) is 3.72. The lowest BCUT2D eigenvalue weighted by molar-refractivity contribution is 0.182. The van der Waals surface area contributed by atoms with Crippen molar-refractivity contribution in [2.45, 2.75) is 11.5 Å². The fourth-order valence-corrected chi connectivity index (χ4v) is 5.34. The average Bonchev–Trinajstić information content (AvgIpc) is 3.20.